The zero-order valence-electron chi connectivity index (χ0n) is 12.6. The number of nitrogens with one attached hydrogen (secondary N) is 3. The standard InChI is InChI=1S/C14H20N4O2S/c1-9-12(8-15-4)6-5-7-13(9)21(19,20)18-14-10(2)16-17-11(14)3/h5-7,15,18H,8H2,1-4H3,(H,16,17). The Morgan fingerprint density at radius 2 is 1.95 bits per heavy atom. The van der Waals surface area contributed by atoms with Gasteiger partial charge in [0.25, 0.3) is 10.0 Å². The van der Waals surface area contributed by atoms with Crippen LogP contribution in [0, 0.1) is 20.8 Å². The topological polar surface area (TPSA) is 86.9 Å². The molecule has 1 heterocycles. The normalized spacial score (nSPS) is 11.6. The van der Waals surface area contributed by atoms with E-state index in [0.717, 1.165) is 11.1 Å². The minimum atomic E-state index is -3.64. The van der Waals surface area contributed by atoms with Crippen molar-refractivity contribution in [1.29, 1.82) is 0 Å². The van der Waals surface area contributed by atoms with Crippen molar-refractivity contribution in [3.63, 3.8) is 0 Å². The fourth-order valence-electron chi connectivity index (χ4n) is 2.22. The van der Waals surface area contributed by atoms with Crippen molar-refractivity contribution in [2.45, 2.75) is 32.2 Å². The molecule has 0 saturated carbocycles. The highest BCUT2D eigenvalue weighted by Crippen LogP contribution is 2.24. The quantitative estimate of drug-likeness (QED) is 0.787. The molecule has 1 aromatic heterocycles. The second-order valence-corrected chi connectivity index (χ2v) is 6.64. The van der Waals surface area contributed by atoms with Crippen LogP contribution in [-0.4, -0.2) is 25.7 Å². The van der Waals surface area contributed by atoms with Gasteiger partial charge >= 0.3 is 0 Å². The van der Waals surface area contributed by atoms with Crippen LogP contribution < -0.4 is 10.0 Å². The van der Waals surface area contributed by atoms with E-state index in [4.69, 9.17) is 0 Å². The van der Waals surface area contributed by atoms with Crippen LogP contribution in [0.2, 0.25) is 0 Å². The van der Waals surface area contributed by atoms with Crippen LogP contribution in [0.3, 0.4) is 0 Å². The molecule has 114 valence electrons. The summed E-state index contributed by atoms with van der Waals surface area (Å²) in [5, 5.41) is 9.81. The van der Waals surface area contributed by atoms with Crippen LogP contribution in [0.1, 0.15) is 22.5 Å². The number of sulfonamides is 1. The third kappa shape index (κ3) is 3.08. The summed E-state index contributed by atoms with van der Waals surface area (Å²) in [6.07, 6.45) is 0. The average Bonchev–Trinajstić information content (AvgIpc) is 2.72. The van der Waals surface area contributed by atoms with Crippen molar-refractivity contribution in [3.8, 4) is 0 Å². The molecule has 7 heteroatoms. The highest BCUT2D eigenvalue weighted by molar-refractivity contribution is 7.92. The van der Waals surface area contributed by atoms with Crippen molar-refractivity contribution in [2.24, 2.45) is 0 Å². The van der Waals surface area contributed by atoms with E-state index in [-0.39, 0.29) is 4.90 Å². The van der Waals surface area contributed by atoms with Gasteiger partial charge in [0.15, 0.2) is 0 Å². The van der Waals surface area contributed by atoms with Gasteiger partial charge in [0.2, 0.25) is 0 Å². The van der Waals surface area contributed by atoms with Gasteiger partial charge in [0.05, 0.1) is 22.0 Å². The Labute approximate surface area is 125 Å². The molecule has 0 atom stereocenters. The summed E-state index contributed by atoms with van der Waals surface area (Å²) in [4.78, 5) is 0.287. The fraction of sp³-hybridized carbons (Fsp3) is 0.357. The molecule has 0 aliphatic rings. The molecule has 0 unspecified atom stereocenters. The molecule has 0 radical (unpaired) electrons. The molecule has 0 fully saturated rings. The molecule has 3 N–H and O–H groups in total. The van der Waals surface area contributed by atoms with Crippen LogP contribution in [0.4, 0.5) is 5.69 Å². The number of hydrogen-bond donors (Lipinski definition) is 3. The maximum atomic E-state index is 12.6. The Hall–Kier alpha value is -1.86. The molecule has 0 saturated heterocycles. The second-order valence-electron chi connectivity index (χ2n) is 4.99. The summed E-state index contributed by atoms with van der Waals surface area (Å²) in [5.74, 6) is 0. The number of aromatic amines is 1. The minimum absolute atomic E-state index is 0.287. The smallest absolute Gasteiger partial charge is 0.262 e. The Morgan fingerprint density at radius 1 is 1.24 bits per heavy atom. The maximum Gasteiger partial charge on any atom is 0.262 e. The predicted octanol–water partition coefficient (Wildman–Crippen LogP) is 1.86. The molecule has 0 bridgehead atoms. The lowest BCUT2D eigenvalue weighted by atomic mass is 10.1. The van der Waals surface area contributed by atoms with E-state index in [0.29, 0.717) is 23.6 Å². The first kappa shape index (κ1) is 15.5. The molecule has 6 nitrogen and oxygen atoms in total. The third-order valence-corrected chi connectivity index (χ3v) is 4.91. The van der Waals surface area contributed by atoms with Crippen LogP contribution in [0.15, 0.2) is 23.1 Å². The SMILES string of the molecule is CNCc1cccc(S(=O)(=O)Nc2c(C)n[nH]c2C)c1C. The van der Waals surface area contributed by atoms with Crippen molar-refractivity contribution in [1.82, 2.24) is 15.5 Å². The van der Waals surface area contributed by atoms with Crippen LogP contribution >= 0.6 is 0 Å². The summed E-state index contributed by atoms with van der Waals surface area (Å²) in [6, 6.07) is 5.28. The fourth-order valence-corrected chi connectivity index (χ4v) is 3.69. The third-order valence-electron chi connectivity index (χ3n) is 3.42. The largest absolute Gasteiger partial charge is 0.316 e. The van der Waals surface area contributed by atoms with Crippen LogP contribution in [-0.2, 0) is 16.6 Å². The molecule has 0 aliphatic heterocycles. The summed E-state index contributed by atoms with van der Waals surface area (Å²) in [7, 11) is -1.81. The first-order chi connectivity index (χ1) is 9.86. The van der Waals surface area contributed by atoms with Gasteiger partial charge in [0.1, 0.15) is 0 Å². The van der Waals surface area contributed by atoms with E-state index in [2.05, 4.69) is 20.2 Å². The Bertz CT molecular complexity index is 731. The Morgan fingerprint density at radius 3 is 2.52 bits per heavy atom. The lowest BCUT2D eigenvalue weighted by molar-refractivity contribution is 0.600. The average molecular weight is 308 g/mol. The van der Waals surface area contributed by atoms with Crippen molar-refractivity contribution < 1.29 is 8.42 Å². The molecule has 0 amide bonds. The first-order valence-corrected chi connectivity index (χ1v) is 8.12. The number of benzene rings is 1. The molecular weight excluding hydrogens is 288 g/mol. The van der Waals surface area contributed by atoms with Gasteiger partial charge in [0, 0.05) is 6.54 Å². The van der Waals surface area contributed by atoms with Gasteiger partial charge in [-0.25, -0.2) is 8.42 Å². The molecule has 1 aromatic carbocycles. The van der Waals surface area contributed by atoms with E-state index < -0.39 is 10.0 Å². The minimum Gasteiger partial charge on any atom is -0.316 e. The summed E-state index contributed by atoms with van der Waals surface area (Å²) >= 11 is 0. The maximum absolute atomic E-state index is 12.6. The molecular formula is C14H20N4O2S. The second kappa shape index (κ2) is 5.87. The number of hydrogen-bond acceptors (Lipinski definition) is 4. The zero-order valence-corrected chi connectivity index (χ0v) is 13.4. The predicted molar refractivity (Wildman–Crippen MR) is 82.8 cm³/mol. The molecule has 21 heavy (non-hydrogen) atoms. The van der Waals surface area contributed by atoms with Crippen LogP contribution in [0.5, 0.6) is 0 Å². The van der Waals surface area contributed by atoms with E-state index in [1.165, 1.54) is 0 Å². The first-order valence-electron chi connectivity index (χ1n) is 6.64. The molecule has 2 aromatic rings. The number of aryl methyl sites for hydroxylation is 2. The highest BCUT2D eigenvalue weighted by Gasteiger charge is 2.21. The van der Waals surface area contributed by atoms with E-state index >= 15 is 0 Å². The monoisotopic (exact) mass is 308 g/mol. The highest BCUT2D eigenvalue weighted by atomic mass is 32.2. The lowest BCUT2D eigenvalue weighted by Crippen LogP contribution is -2.17. The number of nitrogens with zero attached hydrogens (tertiary/aromatic N) is 1. The number of aromatic nitrogens is 2. The zero-order chi connectivity index (χ0) is 15.6. The van der Waals surface area contributed by atoms with Gasteiger partial charge in [-0.3, -0.25) is 9.82 Å². The van der Waals surface area contributed by atoms with Gasteiger partial charge < -0.3 is 5.32 Å². The van der Waals surface area contributed by atoms with Gasteiger partial charge in [-0.1, -0.05) is 12.1 Å². The van der Waals surface area contributed by atoms with Crippen molar-refractivity contribution in [2.75, 3.05) is 11.8 Å². The number of H-pyrrole nitrogens is 1. The van der Waals surface area contributed by atoms with Gasteiger partial charge in [-0.2, -0.15) is 5.10 Å². The summed E-state index contributed by atoms with van der Waals surface area (Å²) < 4.78 is 27.8. The van der Waals surface area contributed by atoms with Crippen molar-refractivity contribution >= 4 is 15.7 Å². The Kier molecular flexibility index (Phi) is 4.34. The van der Waals surface area contributed by atoms with Gasteiger partial charge in [-0.15, -0.1) is 0 Å². The van der Waals surface area contributed by atoms with Gasteiger partial charge in [-0.05, 0) is 45.0 Å². The molecule has 0 spiro atoms. The number of rotatable bonds is 5. The van der Waals surface area contributed by atoms with Crippen LogP contribution in [0.25, 0.3) is 0 Å². The van der Waals surface area contributed by atoms with E-state index in [1.807, 2.05) is 20.0 Å². The Balaban J connectivity index is 2.43. The van der Waals surface area contributed by atoms with Crippen molar-refractivity contribution in [3.05, 3.63) is 40.7 Å². The lowest BCUT2D eigenvalue weighted by Gasteiger charge is -2.13. The summed E-state index contributed by atoms with van der Waals surface area (Å²) in [6.45, 7) is 5.98. The molecule has 0 aliphatic carbocycles. The molecule has 2 rings (SSSR count). The van der Waals surface area contributed by atoms with E-state index in [1.54, 1.807) is 26.0 Å². The summed E-state index contributed by atoms with van der Waals surface area (Å²) in [5.41, 5.74) is 3.53. The number of anilines is 1. The van der Waals surface area contributed by atoms with E-state index in [9.17, 15) is 8.42 Å².